The highest BCUT2D eigenvalue weighted by Gasteiger charge is 2.17. The number of rotatable bonds is 7. The van der Waals surface area contributed by atoms with E-state index in [1.807, 2.05) is 18.2 Å². The number of furan rings is 1. The van der Waals surface area contributed by atoms with E-state index in [9.17, 15) is 4.79 Å². The van der Waals surface area contributed by atoms with Crippen LogP contribution in [0.1, 0.15) is 11.1 Å². The zero-order chi connectivity index (χ0) is 29.4. The Morgan fingerprint density at radius 2 is 1.79 bits per heavy atom. The molecular weight excluding hydrogens is 712 g/mol. The molecule has 0 spiro atoms. The molecule has 0 aliphatic heterocycles. The van der Waals surface area contributed by atoms with E-state index in [0.29, 0.717) is 54.4 Å². The van der Waals surface area contributed by atoms with Crippen LogP contribution in [0.4, 0.5) is 0 Å². The van der Waals surface area contributed by atoms with Gasteiger partial charge in [-0.3, -0.25) is 4.79 Å². The summed E-state index contributed by atoms with van der Waals surface area (Å²) in [7, 11) is 1.55. The van der Waals surface area contributed by atoms with Crippen molar-refractivity contribution in [2.24, 2.45) is 5.10 Å². The summed E-state index contributed by atoms with van der Waals surface area (Å²) in [4.78, 5) is 18.3. The SMILES string of the molecule is COc1cc(C=Nn2c(-c3cc4cc(Cl)ccc4o3)nc3ccccc3c2=O)cc(I)c1OCc1ccc(Cl)cc1Cl. The maximum atomic E-state index is 13.6. The lowest BCUT2D eigenvalue weighted by Crippen LogP contribution is -2.20. The van der Waals surface area contributed by atoms with Gasteiger partial charge in [0, 0.05) is 26.0 Å². The molecular formula is C31H19Cl3IN3O4. The number of para-hydroxylation sites is 1. The van der Waals surface area contributed by atoms with Crippen molar-refractivity contribution < 1.29 is 13.9 Å². The van der Waals surface area contributed by atoms with E-state index in [1.54, 1.807) is 74.0 Å². The monoisotopic (exact) mass is 729 g/mol. The standard InChI is InChI=1S/C31H19Cl3IN3O4/c1-40-27-11-17(10-24(35)29(27)41-16-18-6-7-21(33)14-23(18)34)15-36-38-30(37-25-5-3-2-4-22(25)31(38)39)28-13-19-12-20(32)8-9-26(19)42-28/h2-15H,16H2,1H3. The Morgan fingerprint density at radius 1 is 1.00 bits per heavy atom. The number of hydrogen-bond acceptors (Lipinski definition) is 6. The number of hydrogen-bond donors (Lipinski definition) is 0. The van der Waals surface area contributed by atoms with Crippen LogP contribution >= 0.6 is 57.4 Å². The summed E-state index contributed by atoms with van der Waals surface area (Å²) in [5, 5.41) is 7.39. The summed E-state index contributed by atoms with van der Waals surface area (Å²) in [5.41, 5.74) is 2.26. The fourth-order valence-corrected chi connectivity index (χ4v) is 5.81. The molecule has 0 atom stereocenters. The smallest absolute Gasteiger partial charge is 0.282 e. The molecule has 2 aromatic heterocycles. The summed E-state index contributed by atoms with van der Waals surface area (Å²) in [5.74, 6) is 1.67. The topological polar surface area (TPSA) is 78.9 Å². The van der Waals surface area contributed by atoms with Crippen molar-refractivity contribution in [3.8, 4) is 23.1 Å². The van der Waals surface area contributed by atoms with Gasteiger partial charge in [0.2, 0.25) is 5.82 Å². The molecule has 0 saturated heterocycles. The van der Waals surface area contributed by atoms with Crippen LogP contribution in [0, 0.1) is 3.57 Å². The van der Waals surface area contributed by atoms with Crippen LogP contribution in [0.15, 0.2) is 93.2 Å². The molecule has 4 aromatic carbocycles. The first-order valence-electron chi connectivity index (χ1n) is 12.5. The Kier molecular flexibility index (Phi) is 8.13. The van der Waals surface area contributed by atoms with Gasteiger partial charge in [-0.2, -0.15) is 9.78 Å². The number of methoxy groups -OCH3 is 1. The Hall–Kier alpha value is -3.57. The maximum Gasteiger partial charge on any atom is 0.282 e. The summed E-state index contributed by atoms with van der Waals surface area (Å²) in [6.45, 7) is 0.222. The van der Waals surface area contributed by atoms with Gasteiger partial charge in [0.1, 0.15) is 12.2 Å². The van der Waals surface area contributed by atoms with E-state index in [1.165, 1.54) is 4.68 Å². The molecule has 0 fully saturated rings. The van der Waals surface area contributed by atoms with Crippen molar-refractivity contribution in [3.05, 3.63) is 119 Å². The number of halogens is 4. The van der Waals surface area contributed by atoms with Crippen molar-refractivity contribution in [2.75, 3.05) is 7.11 Å². The lowest BCUT2D eigenvalue weighted by molar-refractivity contribution is 0.282. The van der Waals surface area contributed by atoms with Crippen LogP contribution in [0.5, 0.6) is 11.5 Å². The number of fused-ring (bicyclic) bond motifs is 2. The van der Waals surface area contributed by atoms with Gasteiger partial charge in [-0.15, -0.1) is 0 Å². The van der Waals surface area contributed by atoms with E-state index < -0.39 is 0 Å². The first-order chi connectivity index (χ1) is 20.3. The normalized spacial score (nSPS) is 11.5. The minimum Gasteiger partial charge on any atom is -0.493 e. The predicted molar refractivity (Wildman–Crippen MR) is 176 cm³/mol. The molecule has 0 N–H and O–H groups in total. The molecule has 0 unspecified atom stereocenters. The van der Waals surface area contributed by atoms with Crippen molar-refractivity contribution in [1.29, 1.82) is 0 Å². The lowest BCUT2D eigenvalue weighted by Gasteiger charge is -2.14. The van der Waals surface area contributed by atoms with Gasteiger partial charge in [-0.05, 0) is 88.8 Å². The van der Waals surface area contributed by atoms with Crippen molar-refractivity contribution in [1.82, 2.24) is 9.66 Å². The highest BCUT2D eigenvalue weighted by atomic mass is 127. The number of benzene rings is 4. The molecule has 0 bridgehead atoms. The molecule has 6 rings (SSSR count). The Balaban J connectivity index is 1.39. The van der Waals surface area contributed by atoms with Crippen LogP contribution in [0.3, 0.4) is 0 Å². The second-order valence-electron chi connectivity index (χ2n) is 9.17. The van der Waals surface area contributed by atoms with E-state index in [0.717, 1.165) is 14.5 Å². The van der Waals surface area contributed by atoms with Gasteiger partial charge in [0.15, 0.2) is 17.3 Å². The molecule has 0 saturated carbocycles. The summed E-state index contributed by atoms with van der Waals surface area (Å²) in [6, 6.07) is 23.1. The van der Waals surface area contributed by atoms with Gasteiger partial charge in [-0.1, -0.05) is 53.0 Å². The molecule has 6 aromatic rings. The Morgan fingerprint density at radius 3 is 2.60 bits per heavy atom. The molecule has 11 heteroatoms. The van der Waals surface area contributed by atoms with Crippen LogP contribution in [-0.4, -0.2) is 23.0 Å². The molecule has 2 heterocycles. The number of ether oxygens (including phenoxy) is 2. The first kappa shape index (κ1) is 28.5. The van der Waals surface area contributed by atoms with Crippen LogP contribution in [0.2, 0.25) is 15.1 Å². The van der Waals surface area contributed by atoms with Gasteiger partial charge < -0.3 is 13.9 Å². The highest BCUT2D eigenvalue weighted by Crippen LogP contribution is 2.35. The largest absolute Gasteiger partial charge is 0.493 e. The lowest BCUT2D eigenvalue weighted by atomic mass is 10.2. The van der Waals surface area contributed by atoms with Crippen LogP contribution in [0.25, 0.3) is 33.5 Å². The quantitative estimate of drug-likeness (QED) is 0.121. The van der Waals surface area contributed by atoms with Gasteiger partial charge >= 0.3 is 0 Å². The molecule has 7 nitrogen and oxygen atoms in total. The maximum absolute atomic E-state index is 13.6. The predicted octanol–water partition coefficient (Wildman–Crippen LogP) is 8.84. The van der Waals surface area contributed by atoms with Crippen molar-refractivity contribution in [3.63, 3.8) is 0 Å². The fraction of sp³-hybridized carbons (Fsp3) is 0.0645. The van der Waals surface area contributed by atoms with Gasteiger partial charge in [0.05, 0.1) is 27.8 Å². The minimum atomic E-state index is -0.341. The second kappa shape index (κ2) is 12.0. The Bertz CT molecular complexity index is 2070. The summed E-state index contributed by atoms with van der Waals surface area (Å²) >= 11 is 20.7. The minimum absolute atomic E-state index is 0.222. The van der Waals surface area contributed by atoms with Gasteiger partial charge in [-0.25, -0.2) is 4.98 Å². The third kappa shape index (κ3) is 5.72. The third-order valence-electron chi connectivity index (χ3n) is 6.41. The molecule has 210 valence electrons. The van der Waals surface area contributed by atoms with Crippen molar-refractivity contribution in [2.45, 2.75) is 6.61 Å². The van der Waals surface area contributed by atoms with E-state index in [2.05, 4.69) is 27.7 Å². The van der Waals surface area contributed by atoms with E-state index in [-0.39, 0.29) is 18.0 Å². The highest BCUT2D eigenvalue weighted by molar-refractivity contribution is 14.1. The second-order valence-corrected chi connectivity index (χ2v) is 11.6. The zero-order valence-electron chi connectivity index (χ0n) is 21.8. The van der Waals surface area contributed by atoms with Crippen LogP contribution in [-0.2, 0) is 6.61 Å². The number of nitrogens with zero attached hydrogens (tertiary/aromatic N) is 3. The van der Waals surface area contributed by atoms with Gasteiger partial charge in [0.25, 0.3) is 5.56 Å². The number of aromatic nitrogens is 2. The van der Waals surface area contributed by atoms with E-state index >= 15 is 0 Å². The average Bonchev–Trinajstić information content (AvgIpc) is 3.39. The fourth-order valence-electron chi connectivity index (χ4n) is 4.38. The summed E-state index contributed by atoms with van der Waals surface area (Å²) < 4.78 is 19.7. The molecule has 0 aliphatic carbocycles. The molecule has 0 aliphatic rings. The first-order valence-corrected chi connectivity index (χ1v) is 14.7. The zero-order valence-corrected chi connectivity index (χ0v) is 26.2. The molecule has 0 radical (unpaired) electrons. The Labute approximate surface area is 268 Å². The van der Waals surface area contributed by atoms with Crippen molar-refractivity contribution >= 4 is 85.5 Å². The molecule has 42 heavy (non-hydrogen) atoms. The third-order valence-corrected chi connectivity index (χ3v) is 8.04. The van der Waals surface area contributed by atoms with E-state index in [4.69, 9.17) is 53.7 Å². The van der Waals surface area contributed by atoms with Crippen LogP contribution < -0.4 is 15.0 Å². The molecule has 0 amide bonds. The summed E-state index contributed by atoms with van der Waals surface area (Å²) in [6.07, 6.45) is 1.56. The average molecular weight is 731 g/mol.